The zero-order valence-electron chi connectivity index (χ0n) is 8.13. The largest absolute Gasteiger partial charge is 0.496 e. The molecule has 0 aromatic heterocycles. The van der Waals surface area contributed by atoms with E-state index in [1.807, 2.05) is 6.92 Å². The van der Waals surface area contributed by atoms with Crippen molar-refractivity contribution in [1.82, 2.24) is 0 Å². The molecule has 0 amide bonds. The van der Waals surface area contributed by atoms with Crippen LogP contribution in [0, 0.1) is 5.41 Å². The van der Waals surface area contributed by atoms with Crippen molar-refractivity contribution >= 4 is 17.5 Å². The van der Waals surface area contributed by atoms with Crippen molar-refractivity contribution in [2.75, 3.05) is 13.7 Å². The number of hydrogen-bond acceptors (Lipinski definition) is 3. The average Bonchev–Trinajstić information content (AvgIpc) is 2.17. The van der Waals surface area contributed by atoms with Gasteiger partial charge < -0.3 is 9.47 Å². The van der Waals surface area contributed by atoms with Crippen molar-refractivity contribution in [3.8, 4) is 5.75 Å². The van der Waals surface area contributed by atoms with Crippen LogP contribution in [0.1, 0.15) is 12.5 Å². The van der Waals surface area contributed by atoms with Gasteiger partial charge in [0.05, 0.1) is 19.3 Å². The predicted octanol–water partition coefficient (Wildman–Crippen LogP) is 2.71. The van der Waals surface area contributed by atoms with Gasteiger partial charge in [-0.3, -0.25) is 5.41 Å². The molecule has 0 heterocycles. The van der Waals surface area contributed by atoms with Crippen LogP contribution in [0.5, 0.6) is 5.75 Å². The molecule has 1 aromatic rings. The fraction of sp³-hybridized carbons (Fsp3) is 0.300. The number of hydrogen-bond donors (Lipinski definition) is 1. The molecule has 14 heavy (non-hydrogen) atoms. The molecule has 0 bridgehead atoms. The maximum Gasteiger partial charge on any atom is 0.217 e. The molecule has 0 aliphatic carbocycles. The molecule has 0 saturated carbocycles. The summed E-state index contributed by atoms with van der Waals surface area (Å²) in [5.41, 5.74) is 0.610. The summed E-state index contributed by atoms with van der Waals surface area (Å²) < 4.78 is 10.2. The lowest BCUT2D eigenvalue weighted by molar-refractivity contribution is 0.323. The Balaban J connectivity index is 3.01. The Bertz CT molecular complexity index is 339. The number of halogens is 1. The van der Waals surface area contributed by atoms with Crippen molar-refractivity contribution in [3.63, 3.8) is 0 Å². The molecule has 0 fully saturated rings. The number of benzene rings is 1. The standard InChI is InChI=1S/C10H12ClNO2/c1-3-14-10(12)8-5-4-7(11)6-9(8)13-2/h4-6,12H,3H2,1-2H3. The second-order valence-corrected chi connectivity index (χ2v) is 3.04. The van der Waals surface area contributed by atoms with E-state index in [0.29, 0.717) is 22.9 Å². The topological polar surface area (TPSA) is 42.3 Å². The first-order chi connectivity index (χ1) is 6.69. The first-order valence-electron chi connectivity index (χ1n) is 4.24. The zero-order valence-corrected chi connectivity index (χ0v) is 8.89. The molecule has 1 aromatic carbocycles. The highest BCUT2D eigenvalue weighted by molar-refractivity contribution is 6.30. The number of methoxy groups -OCH3 is 1. The lowest BCUT2D eigenvalue weighted by Gasteiger charge is -2.09. The van der Waals surface area contributed by atoms with Gasteiger partial charge in [-0.05, 0) is 25.1 Å². The maximum absolute atomic E-state index is 7.60. The molecule has 0 saturated heterocycles. The van der Waals surface area contributed by atoms with Gasteiger partial charge in [-0.1, -0.05) is 11.6 Å². The first kappa shape index (κ1) is 10.9. The fourth-order valence-electron chi connectivity index (χ4n) is 1.07. The highest BCUT2D eigenvalue weighted by Crippen LogP contribution is 2.23. The molecule has 76 valence electrons. The van der Waals surface area contributed by atoms with Crippen LogP contribution in [0.15, 0.2) is 18.2 Å². The minimum Gasteiger partial charge on any atom is -0.496 e. The van der Waals surface area contributed by atoms with E-state index < -0.39 is 0 Å². The average molecular weight is 214 g/mol. The third-order valence-corrected chi connectivity index (χ3v) is 1.93. The molecule has 1 rings (SSSR count). The Morgan fingerprint density at radius 2 is 2.21 bits per heavy atom. The second kappa shape index (κ2) is 4.86. The highest BCUT2D eigenvalue weighted by atomic mass is 35.5. The molecule has 0 radical (unpaired) electrons. The summed E-state index contributed by atoms with van der Waals surface area (Å²) in [6, 6.07) is 5.07. The van der Waals surface area contributed by atoms with Crippen LogP contribution in [0.2, 0.25) is 5.02 Å². The fourth-order valence-corrected chi connectivity index (χ4v) is 1.24. The van der Waals surface area contributed by atoms with Crippen LogP contribution in [0.4, 0.5) is 0 Å². The van der Waals surface area contributed by atoms with Crippen molar-refractivity contribution < 1.29 is 9.47 Å². The van der Waals surface area contributed by atoms with Crippen LogP contribution >= 0.6 is 11.6 Å². The van der Waals surface area contributed by atoms with Gasteiger partial charge in [-0.15, -0.1) is 0 Å². The molecule has 0 aliphatic rings. The molecule has 0 spiro atoms. The van der Waals surface area contributed by atoms with Gasteiger partial charge in [-0.2, -0.15) is 0 Å². The van der Waals surface area contributed by atoms with Gasteiger partial charge in [0.15, 0.2) is 0 Å². The normalized spacial score (nSPS) is 9.64. The van der Waals surface area contributed by atoms with Crippen molar-refractivity contribution in [2.45, 2.75) is 6.92 Å². The van der Waals surface area contributed by atoms with Gasteiger partial charge >= 0.3 is 0 Å². The summed E-state index contributed by atoms with van der Waals surface area (Å²) in [7, 11) is 1.54. The van der Waals surface area contributed by atoms with E-state index in [1.54, 1.807) is 18.2 Å². The minimum absolute atomic E-state index is 0.0982. The molecule has 0 aliphatic heterocycles. The van der Waals surface area contributed by atoms with E-state index in [-0.39, 0.29) is 5.90 Å². The van der Waals surface area contributed by atoms with Crippen molar-refractivity contribution in [1.29, 1.82) is 5.41 Å². The van der Waals surface area contributed by atoms with Gasteiger partial charge in [-0.25, -0.2) is 0 Å². The maximum atomic E-state index is 7.60. The first-order valence-corrected chi connectivity index (χ1v) is 4.62. The van der Waals surface area contributed by atoms with E-state index in [9.17, 15) is 0 Å². The predicted molar refractivity (Wildman–Crippen MR) is 56.5 cm³/mol. The van der Waals surface area contributed by atoms with Crippen LogP contribution in [0.25, 0.3) is 0 Å². The van der Waals surface area contributed by atoms with Crippen LogP contribution in [-0.4, -0.2) is 19.6 Å². The molecule has 0 atom stereocenters. The van der Waals surface area contributed by atoms with E-state index in [1.165, 1.54) is 7.11 Å². The summed E-state index contributed by atoms with van der Waals surface area (Å²) in [4.78, 5) is 0. The zero-order chi connectivity index (χ0) is 10.6. The Hall–Kier alpha value is -1.22. The summed E-state index contributed by atoms with van der Waals surface area (Å²) >= 11 is 5.79. The van der Waals surface area contributed by atoms with Crippen LogP contribution in [0.3, 0.4) is 0 Å². The molecule has 1 N–H and O–H groups in total. The van der Waals surface area contributed by atoms with Crippen LogP contribution in [-0.2, 0) is 4.74 Å². The quantitative estimate of drug-likeness (QED) is 0.620. The van der Waals surface area contributed by atoms with Crippen LogP contribution < -0.4 is 4.74 Å². The molecule has 4 heteroatoms. The Morgan fingerprint density at radius 3 is 2.79 bits per heavy atom. The number of nitrogens with one attached hydrogen (secondary N) is 1. The van der Waals surface area contributed by atoms with Crippen molar-refractivity contribution in [2.24, 2.45) is 0 Å². The Labute approximate surface area is 88.1 Å². The van der Waals surface area contributed by atoms with E-state index >= 15 is 0 Å². The molecule has 0 unspecified atom stereocenters. The summed E-state index contributed by atoms with van der Waals surface area (Å²) in [6.45, 7) is 2.29. The van der Waals surface area contributed by atoms with Gasteiger partial charge in [0.2, 0.25) is 5.90 Å². The summed E-state index contributed by atoms with van der Waals surface area (Å²) in [5, 5.41) is 8.18. The van der Waals surface area contributed by atoms with Gasteiger partial charge in [0.25, 0.3) is 0 Å². The molecular formula is C10H12ClNO2. The lowest BCUT2D eigenvalue weighted by atomic mass is 10.2. The number of ether oxygens (including phenoxy) is 2. The summed E-state index contributed by atoms with van der Waals surface area (Å²) in [6.07, 6.45) is 0. The minimum atomic E-state index is 0.0982. The monoisotopic (exact) mass is 213 g/mol. The number of rotatable bonds is 3. The summed E-state index contributed by atoms with van der Waals surface area (Å²) in [5.74, 6) is 0.650. The lowest BCUT2D eigenvalue weighted by Crippen LogP contribution is -2.06. The SMILES string of the molecule is CCOC(=N)c1ccc(Cl)cc1OC. The Morgan fingerprint density at radius 1 is 1.50 bits per heavy atom. The van der Waals surface area contributed by atoms with Gasteiger partial charge in [0, 0.05) is 5.02 Å². The smallest absolute Gasteiger partial charge is 0.217 e. The highest BCUT2D eigenvalue weighted by Gasteiger charge is 2.09. The van der Waals surface area contributed by atoms with E-state index in [2.05, 4.69) is 0 Å². The van der Waals surface area contributed by atoms with E-state index in [4.69, 9.17) is 26.5 Å². The second-order valence-electron chi connectivity index (χ2n) is 2.61. The third kappa shape index (κ3) is 2.39. The van der Waals surface area contributed by atoms with Crippen molar-refractivity contribution in [3.05, 3.63) is 28.8 Å². The van der Waals surface area contributed by atoms with E-state index in [0.717, 1.165) is 0 Å². The third-order valence-electron chi connectivity index (χ3n) is 1.70. The molecule has 3 nitrogen and oxygen atoms in total. The Kier molecular flexibility index (Phi) is 3.77. The van der Waals surface area contributed by atoms with Gasteiger partial charge in [0.1, 0.15) is 5.75 Å². The molecular weight excluding hydrogens is 202 g/mol.